The highest BCUT2D eigenvalue weighted by atomic mass is 16.2. The van der Waals surface area contributed by atoms with E-state index in [4.69, 9.17) is 0 Å². The molecule has 1 aliphatic heterocycles. The molecule has 1 aliphatic rings. The average molecular weight is 226 g/mol. The molecule has 1 heterocycles. The zero-order valence-corrected chi connectivity index (χ0v) is 11.6. The van der Waals surface area contributed by atoms with Crippen LogP contribution in [0, 0.1) is 11.3 Å². The van der Waals surface area contributed by atoms with E-state index in [1.54, 1.807) is 0 Å². The van der Waals surface area contributed by atoms with Gasteiger partial charge in [-0.15, -0.1) is 0 Å². The molecule has 0 spiro atoms. The van der Waals surface area contributed by atoms with Crippen LogP contribution in [-0.4, -0.2) is 48.4 Å². The highest BCUT2D eigenvalue weighted by Crippen LogP contribution is 2.30. The van der Waals surface area contributed by atoms with Gasteiger partial charge < -0.3 is 9.80 Å². The summed E-state index contributed by atoms with van der Waals surface area (Å²) < 4.78 is 0. The molecule has 1 rings (SSSR count). The number of carbonyl (C=O) groups is 1. The Morgan fingerprint density at radius 3 is 2.25 bits per heavy atom. The molecule has 1 fully saturated rings. The molecule has 0 saturated carbocycles. The van der Waals surface area contributed by atoms with E-state index in [2.05, 4.69) is 46.6 Å². The fourth-order valence-corrected chi connectivity index (χ4v) is 2.23. The molecule has 0 aliphatic carbocycles. The van der Waals surface area contributed by atoms with Crippen molar-refractivity contribution < 1.29 is 4.79 Å². The van der Waals surface area contributed by atoms with Gasteiger partial charge in [0, 0.05) is 25.7 Å². The van der Waals surface area contributed by atoms with Gasteiger partial charge in [-0.05, 0) is 26.3 Å². The second-order valence-electron chi connectivity index (χ2n) is 6.31. The Bertz CT molecular complexity index is 255. The van der Waals surface area contributed by atoms with Gasteiger partial charge in [-0.3, -0.25) is 4.79 Å². The molecule has 0 N–H and O–H groups in total. The molecule has 0 bridgehead atoms. The van der Waals surface area contributed by atoms with Gasteiger partial charge in [0.2, 0.25) is 5.91 Å². The number of rotatable bonds is 1. The second-order valence-corrected chi connectivity index (χ2v) is 6.31. The predicted octanol–water partition coefficient (Wildman–Crippen LogP) is 1.83. The maximum atomic E-state index is 12.5. The summed E-state index contributed by atoms with van der Waals surface area (Å²) in [6.07, 6.45) is 0. The van der Waals surface area contributed by atoms with Gasteiger partial charge in [-0.2, -0.15) is 0 Å². The SMILES string of the molecule is CC(C)N1CCN(C)CC(C(C)(C)C)C1=O. The summed E-state index contributed by atoms with van der Waals surface area (Å²) in [4.78, 5) is 16.8. The number of hydrogen-bond donors (Lipinski definition) is 0. The van der Waals surface area contributed by atoms with Crippen LogP contribution in [0.3, 0.4) is 0 Å². The van der Waals surface area contributed by atoms with E-state index in [0.29, 0.717) is 11.9 Å². The highest BCUT2D eigenvalue weighted by molar-refractivity contribution is 5.80. The molecular formula is C13H26N2O. The number of nitrogens with zero attached hydrogens (tertiary/aromatic N) is 2. The fraction of sp³-hybridized carbons (Fsp3) is 0.923. The lowest BCUT2D eigenvalue weighted by Gasteiger charge is -2.34. The number of amides is 1. The van der Waals surface area contributed by atoms with Crippen LogP contribution >= 0.6 is 0 Å². The molecule has 1 saturated heterocycles. The Kier molecular flexibility index (Phi) is 4.00. The molecule has 1 amide bonds. The lowest BCUT2D eigenvalue weighted by atomic mass is 9.79. The van der Waals surface area contributed by atoms with E-state index >= 15 is 0 Å². The van der Waals surface area contributed by atoms with Gasteiger partial charge in [0.25, 0.3) is 0 Å². The first kappa shape index (κ1) is 13.5. The highest BCUT2D eigenvalue weighted by Gasteiger charge is 2.37. The summed E-state index contributed by atoms with van der Waals surface area (Å²) in [5.41, 5.74) is 0.0445. The number of carbonyl (C=O) groups excluding carboxylic acids is 1. The van der Waals surface area contributed by atoms with Gasteiger partial charge in [0.1, 0.15) is 0 Å². The first-order valence-corrected chi connectivity index (χ1v) is 6.22. The third-order valence-corrected chi connectivity index (χ3v) is 3.47. The summed E-state index contributed by atoms with van der Waals surface area (Å²) in [6, 6.07) is 0.309. The van der Waals surface area contributed by atoms with Crippen LogP contribution in [0.15, 0.2) is 0 Å². The quantitative estimate of drug-likeness (QED) is 0.681. The topological polar surface area (TPSA) is 23.6 Å². The molecule has 1 unspecified atom stereocenters. The van der Waals surface area contributed by atoms with Gasteiger partial charge in [-0.25, -0.2) is 0 Å². The van der Waals surface area contributed by atoms with Crippen molar-refractivity contribution in [1.82, 2.24) is 9.80 Å². The van der Waals surface area contributed by atoms with E-state index in [-0.39, 0.29) is 11.3 Å². The maximum Gasteiger partial charge on any atom is 0.227 e. The van der Waals surface area contributed by atoms with Crippen molar-refractivity contribution in [2.45, 2.75) is 40.7 Å². The minimum absolute atomic E-state index is 0.0445. The van der Waals surface area contributed by atoms with E-state index in [9.17, 15) is 4.79 Å². The average Bonchev–Trinajstić information content (AvgIpc) is 2.25. The van der Waals surface area contributed by atoms with Crippen LogP contribution in [0.2, 0.25) is 0 Å². The summed E-state index contributed by atoms with van der Waals surface area (Å²) in [6.45, 7) is 13.4. The Morgan fingerprint density at radius 1 is 1.25 bits per heavy atom. The Balaban J connectivity index is 2.93. The van der Waals surface area contributed by atoms with E-state index in [1.807, 2.05) is 4.90 Å². The normalized spacial score (nSPS) is 25.1. The van der Waals surface area contributed by atoms with Crippen LogP contribution < -0.4 is 0 Å². The second kappa shape index (κ2) is 4.74. The number of hydrogen-bond acceptors (Lipinski definition) is 2. The lowest BCUT2D eigenvalue weighted by molar-refractivity contribution is -0.139. The van der Waals surface area contributed by atoms with Crippen molar-refractivity contribution >= 4 is 5.91 Å². The van der Waals surface area contributed by atoms with Gasteiger partial charge in [0.15, 0.2) is 0 Å². The molecule has 0 radical (unpaired) electrons. The monoisotopic (exact) mass is 226 g/mol. The van der Waals surface area contributed by atoms with Crippen molar-refractivity contribution in [1.29, 1.82) is 0 Å². The molecular weight excluding hydrogens is 200 g/mol. The molecule has 0 aromatic heterocycles. The van der Waals surface area contributed by atoms with E-state index in [0.717, 1.165) is 19.6 Å². The van der Waals surface area contributed by atoms with Crippen LogP contribution in [0.1, 0.15) is 34.6 Å². The van der Waals surface area contributed by atoms with Gasteiger partial charge in [-0.1, -0.05) is 20.8 Å². The predicted molar refractivity (Wildman–Crippen MR) is 67.3 cm³/mol. The standard InChI is InChI=1S/C13H26N2O/c1-10(2)15-8-7-14(6)9-11(12(15)16)13(3,4)5/h10-11H,7-9H2,1-6H3. The van der Waals surface area contributed by atoms with Crippen LogP contribution in [0.25, 0.3) is 0 Å². The Hall–Kier alpha value is -0.570. The molecule has 16 heavy (non-hydrogen) atoms. The van der Waals surface area contributed by atoms with Crippen molar-refractivity contribution in [3.8, 4) is 0 Å². The van der Waals surface area contributed by atoms with E-state index in [1.165, 1.54) is 0 Å². The van der Waals surface area contributed by atoms with Crippen molar-refractivity contribution in [3.05, 3.63) is 0 Å². The third kappa shape index (κ3) is 2.97. The first-order chi connectivity index (χ1) is 7.23. The molecule has 3 nitrogen and oxygen atoms in total. The fourth-order valence-electron chi connectivity index (χ4n) is 2.23. The van der Waals surface area contributed by atoms with Crippen LogP contribution in [0.5, 0.6) is 0 Å². The largest absolute Gasteiger partial charge is 0.339 e. The van der Waals surface area contributed by atoms with E-state index < -0.39 is 0 Å². The third-order valence-electron chi connectivity index (χ3n) is 3.47. The molecule has 94 valence electrons. The smallest absolute Gasteiger partial charge is 0.227 e. The van der Waals surface area contributed by atoms with Gasteiger partial charge in [0.05, 0.1) is 5.92 Å². The van der Waals surface area contributed by atoms with Gasteiger partial charge >= 0.3 is 0 Å². The summed E-state index contributed by atoms with van der Waals surface area (Å²) in [5.74, 6) is 0.439. The van der Waals surface area contributed by atoms with Crippen LogP contribution in [-0.2, 0) is 4.79 Å². The minimum Gasteiger partial charge on any atom is -0.339 e. The maximum absolute atomic E-state index is 12.5. The minimum atomic E-state index is 0.0445. The Morgan fingerprint density at radius 2 is 1.81 bits per heavy atom. The zero-order valence-electron chi connectivity index (χ0n) is 11.6. The molecule has 3 heteroatoms. The lowest BCUT2D eigenvalue weighted by Crippen LogP contribution is -2.45. The summed E-state index contributed by atoms with van der Waals surface area (Å²) in [7, 11) is 2.11. The Labute approximate surface area is 99.8 Å². The van der Waals surface area contributed by atoms with Crippen molar-refractivity contribution in [3.63, 3.8) is 0 Å². The number of likely N-dealkylation sites (N-methyl/N-ethyl adjacent to an activating group) is 1. The van der Waals surface area contributed by atoms with Crippen LogP contribution in [0.4, 0.5) is 0 Å². The summed E-state index contributed by atoms with van der Waals surface area (Å²) in [5, 5.41) is 0. The molecule has 0 aromatic carbocycles. The first-order valence-electron chi connectivity index (χ1n) is 6.22. The molecule has 1 atom stereocenters. The van der Waals surface area contributed by atoms with Crippen molar-refractivity contribution in [2.75, 3.05) is 26.7 Å². The zero-order chi connectivity index (χ0) is 12.5. The molecule has 0 aromatic rings. The summed E-state index contributed by atoms with van der Waals surface area (Å²) >= 11 is 0. The van der Waals surface area contributed by atoms with Crippen molar-refractivity contribution in [2.24, 2.45) is 11.3 Å².